The van der Waals surface area contributed by atoms with E-state index in [2.05, 4.69) is 50.2 Å². The molecule has 220 valence electrons. The molecule has 4 aliphatic rings. The zero-order chi connectivity index (χ0) is 29.1. The van der Waals surface area contributed by atoms with Crippen LogP contribution in [0, 0.1) is 33.3 Å². The van der Waals surface area contributed by atoms with E-state index in [0.717, 1.165) is 12.8 Å². The Labute approximate surface area is 231 Å². The number of rotatable bonds is 13. The first-order valence-corrected chi connectivity index (χ1v) is 13.9. The van der Waals surface area contributed by atoms with Gasteiger partial charge in [-0.25, -0.2) is 15.1 Å². The summed E-state index contributed by atoms with van der Waals surface area (Å²) in [6.07, 6.45) is 3.40. The Morgan fingerprint density at radius 2 is 1.92 bits per heavy atom. The van der Waals surface area contributed by atoms with E-state index in [4.69, 9.17) is 15.0 Å². The zero-order valence-electron chi connectivity index (χ0n) is 24.4. The number of carbonyl (C=O) groups excluding carboxylic acids is 2. The number of hydrogen-bond donors (Lipinski definition) is 4. The molecule has 0 aromatic carbocycles. The number of amides is 2. The maximum Gasteiger partial charge on any atom is 0.481 e. The number of nitro groups is 1. The van der Waals surface area contributed by atoms with Crippen molar-refractivity contribution in [1.29, 1.82) is 0 Å². The lowest BCUT2D eigenvalue weighted by molar-refractivity contribution is -0.525. The van der Waals surface area contributed by atoms with Gasteiger partial charge < -0.3 is 30.6 Å². The number of nitrogens with one attached hydrogen (secondary N) is 3. The first kappa shape index (κ1) is 31.1. The average molecular weight is 551 g/mol. The minimum atomic E-state index is -0.821. The Balaban J connectivity index is 1.69. The van der Waals surface area contributed by atoms with E-state index in [-0.39, 0.29) is 60.7 Å². The first-order valence-electron chi connectivity index (χ1n) is 13.9. The molecule has 13 nitrogen and oxygen atoms in total. The summed E-state index contributed by atoms with van der Waals surface area (Å²) in [5, 5.41) is 15.7. The standard InChI is InChI=1S/C25H46BN7O6/c1-15(2)11-20(26-38-19-13-16-12-18(24(16,3)4)25(19,5)39-26)30-22(35)17(29-21(34)14-32(6)7)9-8-10-28-23(27)31-33(36)37/h15-20H,8-14H2,1-7H3,(H,29,34)(H,30,35)(H3,27,28,31)/t16-,17-,18-,19+,20-,25-/m0/s1. The summed E-state index contributed by atoms with van der Waals surface area (Å²) in [5.41, 5.74) is 7.08. The molecule has 0 aromatic heterocycles. The molecule has 1 aliphatic heterocycles. The molecule has 3 saturated carbocycles. The van der Waals surface area contributed by atoms with Gasteiger partial charge in [0.2, 0.25) is 11.8 Å². The molecule has 0 unspecified atom stereocenters. The molecule has 1 heterocycles. The summed E-state index contributed by atoms with van der Waals surface area (Å²) < 4.78 is 13.1. The molecule has 6 atom stereocenters. The minimum absolute atomic E-state index is 0.00229. The molecule has 0 aromatic rings. The van der Waals surface area contributed by atoms with E-state index in [0.29, 0.717) is 24.7 Å². The summed E-state index contributed by atoms with van der Waals surface area (Å²) in [5.74, 6) is -0.0130. The number of hydrazine groups is 1. The second kappa shape index (κ2) is 12.4. The van der Waals surface area contributed by atoms with Crippen LogP contribution in [0.3, 0.4) is 0 Å². The topological polar surface area (TPSA) is 173 Å². The van der Waals surface area contributed by atoms with Crippen LogP contribution in [0.5, 0.6) is 0 Å². The number of likely N-dealkylation sites (N-methyl/N-ethyl adjacent to an activating group) is 1. The summed E-state index contributed by atoms with van der Waals surface area (Å²) in [4.78, 5) is 42.2. The van der Waals surface area contributed by atoms with Crippen molar-refractivity contribution in [3.05, 3.63) is 10.1 Å². The van der Waals surface area contributed by atoms with Gasteiger partial charge in [0, 0.05) is 6.54 Å². The van der Waals surface area contributed by atoms with Gasteiger partial charge in [0.15, 0.2) is 5.03 Å². The fourth-order valence-corrected chi connectivity index (χ4v) is 6.52. The molecule has 4 rings (SSSR count). The maximum atomic E-state index is 13.5. The van der Waals surface area contributed by atoms with Gasteiger partial charge in [-0.3, -0.25) is 9.59 Å². The van der Waals surface area contributed by atoms with Crippen LogP contribution in [0.15, 0.2) is 4.99 Å². The van der Waals surface area contributed by atoms with E-state index < -0.39 is 23.8 Å². The molecule has 39 heavy (non-hydrogen) atoms. The number of nitrogens with zero attached hydrogens (tertiary/aromatic N) is 3. The predicted octanol–water partition coefficient (Wildman–Crippen LogP) is 0.707. The van der Waals surface area contributed by atoms with Gasteiger partial charge in [0.1, 0.15) is 6.04 Å². The van der Waals surface area contributed by atoms with Gasteiger partial charge in [-0.2, -0.15) is 0 Å². The lowest BCUT2D eigenvalue weighted by Crippen LogP contribution is -2.65. The molecule has 5 N–H and O–H groups in total. The van der Waals surface area contributed by atoms with E-state index >= 15 is 0 Å². The third-order valence-corrected chi connectivity index (χ3v) is 8.60. The quantitative estimate of drug-likeness (QED) is 0.0642. The first-order chi connectivity index (χ1) is 18.1. The second-order valence-corrected chi connectivity index (χ2v) is 12.7. The molecule has 2 amide bonds. The summed E-state index contributed by atoms with van der Waals surface area (Å²) in [7, 11) is 2.97. The monoisotopic (exact) mass is 551 g/mol. The molecule has 3 aliphatic carbocycles. The van der Waals surface area contributed by atoms with Gasteiger partial charge in [-0.15, -0.1) is 0 Å². The second-order valence-electron chi connectivity index (χ2n) is 12.7. The maximum absolute atomic E-state index is 13.5. The third-order valence-electron chi connectivity index (χ3n) is 8.60. The number of aliphatic imine (C=N–C) groups is 1. The zero-order valence-corrected chi connectivity index (χ0v) is 24.4. The summed E-state index contributed by atoms with van der Waals surface area (Å²) in [6, 6.07) is -0.821. The van der Waals surface area contributed by atoms with Crippen LogP contribution in [0.25, 0.3) is 0 Å². The number of carbonyl (C=O) groups is 2. The third kappa shape index (κ3) is 7.40. The summed E-state index contributed by atoms with van der Waals surface area (Å²) in [6.45, 7) is 11.2. The molecule has 14 heteroatoms. The van der Waals surface area contributed by atoms with E-state index in [9.17, 15) is 19.7 Å². The highest BCUT2D eigenvalue weighted by Gasteiger charge is 2.68. The molecule has 0 spiro atoms. The van der Waals surface area contributed by atoms with Crippen LogP contribution in [-0.4, -0.2) is 85.7 Å². The van der Waals surface area contributed by atoms with E-state index in [1.165, 1.54) is 0 Å². The SMILES string of the molecule is CC(C)C[C@H](NC(=O)[C@H](CCCN=C(N)N[N+](=O)[O-])NC(=O)CN(C)C)B1O[C@@H]2C[C@@H]3C[C@@H](C3(C)C)[C@]2(C)O1. The molecule has 4 fully saturated rings. The van der Waals surface area contributed by atoms with Gasteiger partial charge in [0.05, 0.1) is 24.2 Å². The smallest absolute Gasteiger partial charge is 0.404 e. The molecular weight excluding hydrogens is 505 g/mol. The molecule has 2 bridgehead atoms. The fraction of sp³-hybridized carbons (Fsp3) is 0.880. The van der Waals surface area contributed by atoms with Crippen LogP contribution in [0.4, 0.5) is 0 Å². The van der Waals surface area contributed by atoms with Crippen molar-refractivity contribution in [2.45, 2.75) is 90.4 Å². The largest absolute Gasteiger partial charge is 0.481 e. The molecule has 1 saturated heterocycles. The van der Waals surface area contributed by atoms with Crippen LogP contribution in [0.1, 0.15) is 66.7 Å². The van der Waals surface area contributed by atoms with Crippen molar-refractivity contribution in [3.8, 4) is 0 Å². The van der Waals surface area contributed by atoms with Gasteiger partial charge >= 0.3 is 7.12 Å². The fourth-order valence-electron chi connectivity index (χ4n) is 6.52. The Bertz CT molecular complexity index is 948. The van der Waals surface area contributed by atoms with E-state index in [1.807, 2.05) is 0 Å². The Morgan fingerprint density at radius 3 is 2.51 bits per heavy atom. The van der Waals surface area contributed by atoms with Crippen LogP contribution < -0.4 is 21.8 Å². The number of hydrogen-bond acceptors (Lipinski definition) is 8. The highest BCUT2D eigenvalue weighted by atomic mass is 16.7. The van der Waals surface area contributed by atoms with Crippen LogP contribution in [0.2, 0.25) is 0 Å². The lowest BCUT2D eigenvalue weighted by atomic mass is 9.43. The van der Waals surface area contributed by atoms with Gasteiger partial charge in [-0.05, 0) is 76.3 Å². The van der Waals surface area contributed by atoms with Crippen molar-refractivity contribution in [2.24, 2.45) is 33.9 Å². The number of guanidine groups is 1. The molecular formula is C25H46BN7O6. The van der Waals surface area contributed by atoms with Crippen molar-refractivity contribution in [3.63, 3.8) is 0 Å². The Morgan fingerprint density at radius 1 is 1.23 bits per heavy atom. The van der Waals surface area contributed by atoms with Gasteiger partial charge in [0.25, 0.3) is 5.96 Å². The van der Waals surface area contributed by atoms with Gasteiger partial charge in [-0.1, -0.05) is 33.1 Å². The van der Waals surface area contributed by atoms with Crippen molar-refractivity contribution in [2.75, 3.05) is 27.2 Å². The van der Waals surface area contributed by atoms with Crippen molar-refractivity contribution in [1.82, 2.24) is 21.0 Å². The molecule has 0 radical (unpaired) electrons. The van der Waals surface area contributed by atoms with Crippen LogP contribution in [-0.2, 0) is 18.9 Å². The minimum Gasteiger partial charge on any atom is -0.404 e. The highest BCUT2D eigenvalue weighted by Crippen LogP contribution is 2.65. The highest BCUT2D eigenvalue weighted by molar-refractivity contribution is 6.48. The van der Waals surface area contributed by atoms with E-state index in [1.54, 1.807) is 24.4 Å². The Kier molecular flexibility index (Phi) is 9.87. The predicted molar refractivity (Wildman–Crippen MR) is 148 cm³/mol. The number of nitrogens with two attached hydrogens (primary N) is 1. The average Bonchev–Trinajstić information content (AvgIpc) is 3.16. The lowest BCUT2D eigenvalue weighted by Gasteiger charge is -2.64. The summed E-state index contributed by atoms with van der Waals surface area (Å²) >= 11 is 0. The van der Waals surface area contributed by atoms with Crippen molar-refractivity contribution >= 4 is 24.9 Å². The Hall–Kier alpha value is -2.45. The van der Waals surface area contributed by atoms with Crippen molar-refractivity contribution < 1.29 is 23.9 Å². The van der Waals surface area contributed by atoms with Crippen LogP contribution >= 0.6 is 0 Å². The normalized spacial score (nSPS) is 28.9.